The summed E-state index contributed by atoms with van der Waals surface area (Å²) in [6.45, 7) is 8.32. The van der Waals surface area contributed by atoms with Crippen LogP contribution in [0, 0.1) is 18.8 Å². The molecule has 3 aliphatic rings. The van der Waals surface area contributed by atoms with Crippen LogP contribution in [0.15, 0.2) is 48.5 Å². The second kappa shape index (κ2) is 8.07. The van der Waals surface area contributed by atoms with Gasteiger partial charge in [0.15, 0.2) is 0 Å². The molecule has 3 amide bonds. The summed E-state index contributed by atoms with van der Waals surface area (Å²) in [6.07, 6.45) is 4.20. The SMILES string of the molecule is Cc1ccc2c(c1)C(C)(c1ccccc1)CC(C)(C)N2C(=O)CN1C(=O)C2CCCCC2C1=O. The summed E-state index contributed by atoms with van der Waals surface area (Å²) in [5.41, 5.74) is 3.58. The molecule has 1 aliphatic carbocycles. The third-order valence-corrected chi connectivity index (χ3v) is 8.27. The summed E-state index contributed by atoms with van der Waals surface area (Å²) < 4.78 is 0. The van der Waals surface area contributed by atoms with Crippen molar-refractivity contribution in [1.82, 2.24) is 4.90 Å². The summed E-state index contributed by atoms with van der Waals surface area (Å²) >= 11 is 0. The van der Waals surface area contributed by atoms with Crippen LogP contribution >= 0.6 is 0 Å². The van der Waals surface area contributed by atoms with E-state index in [1.54, 1.807) is 0 Å². The smallest absolute Gasteiger partial charge is 0.247 e. The average molecular weight is 459 g/mol. The number of carbonyl (C=O) groups excluding carboxylic acids is 3. The van der Waals surface area contributed by atoms with Crippen molar-refractivity contribution in [2.75, 3.05) is 11.4 Å². The molecule has 5 rings (SSSR count). The van der Waals surface area contributed by atoms with Gasteiger partial charge in [-0.1, -0.05) is 67.8 Å². The fourth-order valence-corrected chi connectivity index (χ4v) is 6.78. The molecule has 3 atom stereocenters. The van der Waals surface area contributed by atoms with E-state index < -0.39 is 5.54 Å². The van der Waals surface area contributed by atoms with E-state index in [2.05, 4.69) is 58.0 Å². The molecule has 0 spiro atoms. The van der Waals surface area contributed by atoms with Crippen molar-refractivity contribution in [1.29, 1.82) is 0 Å². The second-order valence-electron chi connectivity index (χ2n) is 11.2. The van der Waals surface area contributed by atoms with Crippen LogP contribution in [-0.4, -0.2) is 34.7 Å². The largest absolute Gasteiger partial charge is 0.305 e. The number of amides is 3. The molecule has 0 aromatic heterocycles. The molecule has 5 heteroatoms. The minimum atomic E-state index is -0.498. The quantitative estimate of drug-likeness (QED) is 0.609. The lowest BCUT2D eigenvalue weighted by atomic mass is 9.65. The maximum absolute atomic E-state index is 13.8. The summed E-state index contributed by atoms with van der Waals surface area (Å²) in [7, 11) is 0. The first-order valence-corrected chi connectivity index (χ1v) is 12.5. The Labute approximate surface area is 202 Å². The molecule has 2 aromatic rings. The molecule has 2 heterocycles. The van der Waals surface area contributed by atoms with E-state index in [9.17, 15) is 14.4 Å². The van der Waals surface area contributed by atoms with Gasteiger partial charge in [-0.3, -0.25) is 19.3 Å². The molecule has 0 bridgehead atoms. The van der Waals surface area contributed by atoms with Crippen LogP contribution in [0.25, 0.3) is 0 Å². The maximum atomic E-state index is 13.8. The van der Waals surface area contributed by atoms with Gasteiger partial charge in [0.05, 0.1) is 11.8 Å². The standard InChI is InChI=1S/C29H34N2O3/c1-19-14-15-24-23(16-19)29(4,20-10-6-5-7-11-20)18-28(2,3)31(24)25(32)17-30-26(33)21-12-8-9-13-22(21)27(30)34/h5-7,10-11,14-16,21-22H,8-9,12-13,17-18H2,1-4H3. The second-order valence-corrected chi connectivity index (χ2v) is 11.2. The maximum Gasteiger partial charge on any atom is 0.247 e. The zero-order chi connectivity index (χ0) is 24.3. The zero-order valence-electron chi connectivity index (χ0n) is 20.6. The van der Waals surface area contributed by atoms with E-state index in [1.807, 2.05) is 23.1 Å². The summed E-state index contributed by atoms with van der Waals surface area (Å²) in [5.74, 6) is -0.975. The highest BCUT2D eigenvalue weighted by molar-refractivity contribution is 6.09. The third kappa shape index (κ3) is 3.48. The number of fused-ring (bicyclic) bond motifs is 2. The van der Waals surface area contributed by atoms with Crippen LogP contribution in [0.3, 0.4) is 0 Å². The van der Waals surface area contributed by atoms with Crippen LogP contribution in [-0.2, 0) is 19.8 Å². The zero-order valence-corrected chi connectivity index (χ0v) is 20.6. The molecule has 2 aliphatic heterocycles. The molecule has 1 saturated carbocycles. The number of nitrogens with zero attached hydrogens (tertiary/aromatic N) is 2. The van der Waals surface area contributed by atoms with Gasteiger partial charge in [-0.2, -0.15) is 0 Å². The normalized spacial score (nSPS) is 28.0. The summed E-state index contributed by atoms with van der Waals surface area (Å²) in [6, 6.07) is 16.7. The van der Waals surface area contributed by atoms with E-state index in [-0.39, 0.29) is 41.5 Å². The van der Waals surface area contributed by atoms with Crippen molar-refractivity contribution in [3.63, 3.8) is 0 Å². The minimum Gasteiger partial charge on any atom is -0.305 e. The van der Waals surface area contributed by atoms with Crippen LogP contribution < -0.4 is 4.90 Å². The molecule has 2 aromatic carbocycles. The lowest BCUT2D eigenvalue weighted by molar-refractivity contribution is -0.143. The Balaban J connectivity index is 1.53. The van der Waals surface area contributed by atoms with Gasteiger partial charge in [-0.15, -0.1) is 0 Å². The van der Waals surface area contributed by atoms with Crippen LogP contribution in [0.2, 0.25) is 0 Å². The van der Waals surface area contributed by atoms with Gasteiger partial charge < -0.3 is 4.90 Å². The predicted octanol–water partition coefficient (Wildman–Crippen LogP) is 4.99. The van der Waals surface area contributed by atoms with E-state index in [1.165, 1.54) is 10.5 Å². The molecule has 2 fully saturated rings. The van der Waals surface area contributed by atoms with Gasteiger partial charge >= 0.3 is 0 Å². The first kappa shape index (κ1) is 22.8. The van der Waals surface area contributed by atoms with Gasteiger partial charge in [0.1, 0.15) is 6.54 Å². The van der Waals surface area contributed by atoms with Gasteiger partial charge in [0.2, 0.25) is 17.7 Å². The number of benzene rings is 2. The molecule has 178 valence electrons. The predicted molar refractivity (Wildman–Crippen MR) is 132 cm³/mol. The number of likely N-dealkylation sites (tertiary alicyclic amines) is 1. The lowest BCUT2D eigenvalue weighted by Crippen LogP contribution is -2.58. The van der Waals surface area contributed by atoms with Crippen molar-refractivity contribution < 1.29 is 14.4 Å². The molecule has 0 radical (unpaired) electrons. The van der Waals surface area contributed by atoms with Crippen molar-refractivity contribution in [2.24, 2.45) is 11.8 Å². The van der Waals surface area contributed by atoms with Gasteiger partial charge in [0.25, 0.3) is 0 Å². The van der Waals surface area contributed by atoms with Crippen LogP contribution in [0.4, 0.5) is 5.69 Å². The summed E-state index contributed by atoms with van der Waals surface area (Å²) in [4.78, 5) is 43.0. The fourth-order valence-electron chi connectivity index (χ4n) is 6.78. The van der Waals surface area contributed by atoms with Gasteiger partial charge in [0, 0.05) is 16.6 Å². The third-order valence-electron chi connectivity index (χ3n) is 8.27. The minimum absolute atomic E-state index is 0.156. The Morgan fingerprint density at radius 1 is 0.941 bits per heavy atom. The Hall–Kier alpha value is -2.95. The Morgan fingerprint density at radius 3 is 2.18 bits per heavy atom. The first-order valence-electron chi connectivity index (χ1n) is 12.5. The highest BCUT2D eigenvalue weighted by atomic mass is 16.2. The Bertz CT molecular complexity index is 1130. The van der Waals surface area contributed by atoms with Crippen LogP contribution in [0.1, 0.15) is 69.6 Å². The van der Waals surface area contributed by atoms with Crippen molar-refractivity contribution >= 4 is 23.4 Å². The molecule has 5 nitrogen and oxygen atoms in total. The number of hydrogen-bond acceptors (Lipinski definition) is 3. The lowest BCUT2D eigenvalue weighted by Gasteiger charge is -2.51. The number of hydrogen-bond donors (Lipinski definition) is 0. The highest BCUT2D eigenvalue weighted by Crippen LogP contribution is 2.51. The monoisotopic (exact) mass is 458 g/mol. The topological polar surface area (TPSA) is 57.7 Å². The molecule has 34 heavy (non-hydrogen) atoms. The summed E-state index contributed by atoms with van der Waals surface area (Å²) in [5, 5.41) is 0. The van der Waals surface area contributed by atoms with Crippen molar-refractivity contribution in [3.05, 3.63) is 65.2 Å². The van der Waals surface area contributed by atoms with Crippen molar-refractivity contribution in [2.45, 2.75) is 70.8 Å². The van der Waals surface area contributed by atoms with E-state index in [0.29, 0.717) is 0 Å². The molecular formula is C29H34N2O3. The Kier molecular flexibility index (Phi) is 5.42. The van der Waals surface area contributed by atoms with E-state index in [4.69, 9.17) is 0 Å². The first-order chi connectivity index (χ1) is 16.1. The highest BCUT2D eigenvalue weighted by Gasteiger charge is 2.51. The molecule has 0 N–H and O–H groups in total. The molecular weight excluding hydrogens is 424 g/mol. The van der Waals surface area contributed by atoms with Gasteiger partial charge in [-0.05, 0) is 57.2 Å². The van der Waals surface area contributed by atoms with E-state index >= 15 is 0 Å². The number of aryl methyl sites for hydroxylation is 1. The number of rotatable bonds is 3. The Morgan fingerprint density at radius 2 is 1.56 bits per heavy atom. The van der Waals surface area contributed by atoms with Gasteiger partial charge in [-0.25, -0.2) is 0 Å². The molecule has 3 unspecified atom stereocenters. The molecule has 1 saturated heterocycles. The number of imide groups is 1. The number of anilines is 1. The number of carbonyl (C=O) groups is 3. The van der Waals surface area contributed by atoms with E-state index in [0.717, 1.165) is 48.9 Å². The average Bonchev–Trinajstić information content (AvgIpc) is 3.04. The van der Waals surface area contributed by atoms with Crippen LogP contribution in [0.5, 0.6) is 0 Å². The fraction of sp³-hybridized carbons (Fsp3) is 0.483. The van der Waals surface area contributed by atoms with Crippen molar-refractivity contribution in [3.8, 4) is 0 Å².